The fourth-order valence-corrected chi connectivity index (χ4v) is 1.63. The van der Waals surface area contributed by atoms with Gasteiger partial charge in [-0.25, -0.2) is 0 Å². The van der Waals surface area contributed by atoms with Crippen LogP contribution in [0.3, 0.4) is 0 Å². The van der Waals surface area contributed by atoms with Crippen molar-refractivity contribution in [1.29, 1.82) is 0 Å². The highest BCUT2D eigenvalue weighted by atomic mass is 16.5. The Hall–Kier alpha value is -1.38. The van der Waals surface area contributed by atoms with Crippen LogP contribution in [0.5, 0.6) is 5.75 Å². The third-order valence-corrected chi connectivity index (χ3v) is 2.72. The molecule has 2 heterocycles. The molecule has 0 fully saturated rings. The van der Waals surface area contributed by atoms with Crippen LogP contribution < -0.4 is 4.74 Å². The fraction of sp³-hybridized carbons (Fsp3) is 0.455. The second-order valence-electron chi connectivity index (χ2n) is 3.88. The van der Waals surface area contributed by atoms with Gasteiger partial charge in [0.1, 0.15) is 11.4 Å². The minimum Gasteiger partial charge on any atom is -0.485 e. The summed E-state index contributed by atoms with van der Waals surface area (Å²) in [7, 11) is 0. The molecule has 3 nitrogen and oxygen atoms in total. The Bertz CT molecular complexity index is 375. The van der Waals surface area contributed by atoms with Crippen LogP contribution in [0.25, 0.3) is 0 Å². The summed E-state index contributed by atoms with van der Waals surface area (Å²) in [4.78, 5) is 15.7. The predicted molar refractivity (Wildman–Crippen MR) is 52.5 cm³/mol. The lowest BCUT2D eigenvalue weighted by Gasteiger charge is -2.33. The van der Waals surface area contributed by atoms with E-state index in [0.29, 0.717) is 17.7 Å². The van der Waals surface area contributed by atoms with Crippen molar-refractivity contribution in [3.63, 3.8) is 0 Å². The second-order valence-corrected chi connectivity index (χ2v) is 3.88. The minimum absolute atomic E-state index is 0.151. The molecule has 1 atom stereocenters. The van der Waals surface area contributed by atoms with Crippen molar-refractivity contribution in [1.82, 2.24) is 4.98 Å². The Balaban J connectivity index is 2.43. The summed E-state index contributed by atoms with van der Waals surface area (Å²) < 4.78 is 5.76. The SMILES string of the molecule is CCC1(C)CC(=O)c2ccncc2O1. The number of fused-ring (bicyclic) bond motifs is 1. The summed E-state index contributed by atoms with van der Waals surface area (Å²) in [5, 5.41) is 0. The minimum atomic E-state index is -0.354. The molecule has 0 amide bonds. The van der Waals surface area contributed by atoms with Crippen LogP contribution in [0.2, 0.25) is 0 Å². The van der Waals surface area contributed by atoms with Gasteiger partial charge in [-0.05, 0) is 19.4 Å². The largest absolute Gasteiger partial charge is 0.485 e. The smallest absolute Gasteiger partial charge is 0.170 e. The summed E-state index contributed by atoms with van der Waals surface area (Å²) in [6.45, 7) is 3.98. The summed E-state index contributed by atoms with van der Waals surface area (Å²) in [5.74, 6) is 0.770. The Morgan fingerprint density at radius 2 is 2.43 bits per heavy atom. The van der Waals surface area contributed by atoms with E-state index in [4.69, 9.17) is 4.74 Å². The van der Waals surface area contributed by atoms with Crippen molar-refractivity contribution in [3.05, 3.63) is 24.0 Å². The molecule has 1 aliphatic heterocycles. The van der Waals surface area contributed by atoms with Gasteiger partial charge >= 0.3 is 0 Å². The number of hydrogen-bond donors (Lipinski definition) is 0. The van der Waals surface area contributed by atoms with Gasteiger partial charge in [-0.1, -0.05) is 6.92 Å². The Morgan fingerprint density at radius 3 is 3.14 bits per heavy atom. The van der Waals surface area contributed by atoms with Crippen molar-refractivity contribution >= 4 is 5.78 Å². The zero-order chi connectivity index (χ0) is 10.2. The first-order valence-electron chi connectivity index (χ1n) is 4.81. The number of nitrogens with zero attached hydrogens (tertiary/aromatic N) is 1. The van der Waals surface area contributed by atoms with Crippen LogP contribution in [-0.2, 0) is 0 Å². The number of rotatable bonds is 1. The molecule has 14 heavy (non-hydrogen) atoms. The van der Waals surface area contributed by atoms with Crippen LogP contribution in [0.4, 0.5) is 0 Å². The van der Waals surface area contributed by atoms with Crippen molar-refractivity contribution in [2.75, 3.05) is 0 Å². The van der Waals surface area contributed by atoms with E-state index in [1.807, 2.05) is 13.8 Å². The zero-order valence-electron chi connectivity index (χ0n) is 8.41. The molecule has 1 unspecified atom stereocenters. The molecule has 0 bridgehead atoms. The molecule has 0 saturated heterocycles. The fourth-order valence-electron chi connectivity index (χ4n) is 1.63. The Labute approximate surface area is 83.1 Å². The number of aromatic nitrogens is 1. The number of carbonyl (C=O) groups is 1. The van der Waals surface area contributed by atoms with E-state index >= 15 is 0 Å². The van der Waals surface area contributed by atoms with Gasteiger partial charge in [0.15, 0.2) is 5.78 Å². The second kappa shape index (κ2) is 3.08. The summed E-state index contributed by atoms with van der Waals surface area (Å²) in [6, 6.07) is 1.72. The topological polar surface area (TPSA) is 39.2 Å². The molecule has 0 spiro atoms. The number of Topliss-reactive ketones (excluding diaryl/α,β-unsaturated/α-hetero) is 1. The molecule has 0 aromatic carbocycles. The van der Waals surface area contributed by atoms with Crippen molar-refractivity contribution in [2.24, 2.45) is 0 Å². The van der Waals surface area contributed by atoms with Crippen LogP contribution in [0.1, 0.15) is 37.0 Å². The quantitative estimate of drug-likeness (QED) is 0.683. The molecule has 0 saturated carbocycles. The maximum atomic E-state index is 11.8. The lowest BCUT2D eigenvalue weighted by atomic mass is 9.90. The number of ether oxygens (including phenoxy) is 1. The molecule has 3 heteroatoms. The lowest BCUT2D eigenvalue weighted by molar-refractivity contribution is 0.0496. The van der Waals surface area contributed by atoms with Crippen LogP contribution in [0, 0.1) is 0 Å². The van der Waals surface area contributed by atoms with Gasteiger partial charge in [0.05, 0.1) is 18.2 Å². The van der Waals surface area contributed by atoms with E-state index in [1.54, 1.807) is 18.5 Å². The standard InChI is InChI=1S/C11H13NO2/c1-3-11(2)6-9(13)8-4-5-12-7-10(8)14-11/h4-5,7H,3,6H2,1-2H3. The molecule has 2 rings (SSSR count). The van der Waals surface area contributed by atoms with Crippen LogP contribution in [-0.4, -0.2) is 16.4 Å². The van der Waals surface area contributed by atoms with Gasteiger partial charge in [0.25, 0.3) is 0 Å². The molecule has 0 aliphatic carbocycles. The number of hydrogen-bond acceptors (Lipinski definition) is 3. The Morgan fingerprint density at radius 1 is 1.64 bits per heavy atom. The average molecular weight is 191 g/mol. The molecule has 1 aromatic rings. The molecule has 0 radical (unpaired) electrons. The van der Waals surface area contributed by atoms with E-state index in [2.05, 4.69) is 4.98 Å². The molecule has 0 N–H and O–H groups in total. The highest BCUT2D eigenvalue weighted by Gasteiger charge is 2.34. The van der Waals surface area contributed by atoms with E-state index in [0.717, 1.165) is 6.42 Å². The lowest BCUT2D eigenvalue weighted by Crippen LogP contribution is -2.38. The third-order valence-electron chi connectivity index (χ3n) is 2.72. The van der Waals surface area contributed by atoms with E-state index in [-0.39, 0.29) is 11.4 Å². The van der Waals surface area contributed by atoms with Gasteiger partial charge in [0.2, 0.25) is 0 Å². The van der Waals surface area contributed by atoms with E-state index < -0.39 is 0 Å². The molecular weight excluding hydrogens is 178 g/mol. The van der Waals surface area contributed by atoms with Crippen molar-refractivity contribution < 1.29 is 9.53 Å². The maximum absolute atomic E-state index is 11.8. The first-order valence-corrected chi connectivity index (χ1v) is 4.81. The van der Waals surface area contributed by atoms with Gasteiger partial charge in [-0.3, -0.25) is 9.78 Å². The Kier molecular flexibility index (Phi) is 2.02. The van der Waals surface area contributed by atoms with Crippen LogP contribution >= 0.6 is 0 Å². The van der Waals surface area contributed by atoms with Crippen molar-refractivity contribution in [3.8, 4) is 5.75 Å². The van der Waals surface area contributed by atoms with Gasteiger partial charge in [0, 0.05) is 6.20 Å². The number of pyridine rings is 1. The zero-order valence-corrected chi connectivity index (χ0v) is 8.41. The molecule has 74 valence electrons. The first-order chi connectivity index (χ1) is 6.64. The summed E-state index contributed by atoms with van der Waals surface area (Å²) in [5.41, 5.74) is 0.304. The van der Waals surface area contributed by atoms with E-state index in [9.17, 15) is 4.79 Å². The van der Waals surface area contributed by atoms with Gasteiger partial charge < -0.3 is 4.74 Å². The normalized spacial score (nSPS) is 25.4. The highest BCUT2D eigenvalue weighted by Crippen LogP contribution is 2.33. The van der Waals surface area contributed by atoms with Gasteiger partial charge in [-0.2, -0.15) is 0 Å². The number of ketones is 1. The third kappa shape index (κ3) is 1.39. The summed E-state index contributed by atoms with van der Waals surface area (Å²) in [6.07, 6.45) is 4.52. The highest BCUT2D eigenvalue weighted by molar-refractivity contribution is 6.00. The summed E-state index contributed by atoms with van der Waals surface area (Å²) >= 11 is 0. The molecular formula is C11H13NO2. The average Bonchev–Trinajstić information content (AvgIpc) is 2.18. The van der Waals surface area contributed by atoms with Crippen LogP contribution in [0.15, 0.2) is 18.5 Å². The van der Waals surface area contributed by atoms with Crippen molar-refractivity contribution in [2.45, 2.75) is 32.3 Å². The van der Waals surface area contributed by atoms with Gasteiger partial charge in [-0.15, -0.1) is 0 Å². The molecule has 1 aliphatic rings. The number of carbonyl (C=O) groups excluding carboxylic acids is 1. The monoisotopic (exact) mass is 191 g/mol. The first kappa shape index (κ1) is 9.19. The van der Waals surface area contributed by atoms with E-state index in [1.165, 1.54) is 0 Å². The molecule has 1 aromatic heterocycles. The predicted octanol–water partition coefficient (Wildman–Crippen LogP) is 2.22. The maximum Gasteiger partial charge on any atom is 0.170 e.